The van der Waals surface area contributed by atoms with Crippen molar-refractivity contribution in [2.45, 2.75) is 6.54 Å². The highest BCUT2D eigenvalue weighted by Crippen LogP contribution is 2.28. The van der Waals surface area contributed by atoms with Crippen LogP contribution in [0.15, 0.2) is 30.6 Å². The Morgan fingerprint density at radius 1 is 1.09 bits per heavy atom. The predicted molar refractivity (Wildman–Crippen MR) is 90.1 cm³/mol. The molecule has 0 atom stereocenters. The number of nitrogens with two attached hydrogens (primary N) is 1. The number of hydrogen-bond acceptors (Lipinski definition) is 6. The molecule has 0 aliphatic heterocycles. The second-order valence-corrected chi connectivity index (χ2v) is 5.33. The van der Waals surface area contributed by atoms with E-state index in [1.54, 1.807) is 19.2 Å². The molecular weight excluding hydrogens is 297 g/mol. The van der Waals surface area contributed by atoms with E-state index in [2.05, 4.69) is 9.97 Å². The molecule has 2 N–H and O–H groups in total. The lowest BCUT2D eigenvalue weighted by atomic mass is 10.2. The molecule has 0 saturated carbocycles. The maximum absolute atomic E-state index is 13.0. The van der Waals surface area contributed by atoms with Crippen molar-refractivity contribution in [3.05, 3.63) is 42.0 Å². The summed E-state index contributed by atoms with van der Waals surface area (Å²) < 4.78 is 18.1. The Hall–Kier alpha value is -2.41. The van der Waals surface area contributed by atoms with Crippen LogP contribution in [-0.4, -0.2) is 44.3 Å². The first-order valence-electron chi connectivity index (χ1n) is 7.29. The summed E-state index contributed by atoms with van der Waals surface area (Å²) >= 11 is 0. The average molecular weight is 319 g/mol. The fraction of sp³-hybridized carbons (Fsp3) is 0.375. The van der Waals surface area contributed by atoms with Gasteiger partial charge >= 0.3 is 0 Å². The first-order valence-corrected chi connectivity index (χ1v) is 7.29. The number of halogens is 1. The molecule has 0 aliphatic carbocycles. The minimum atomic E-state index is -0.250. The van der Waals surface area contributed by atoms with Gasteiger partial charge in [-0.3, -0.25) is 0 Å². The number of nitrogens with zero attached hydrogens (tertiary/aromatic N) is 4. The number of nitrogen functional groups attached to an aromatic ring is 1. The van der Waals surface area contributed by atoms with Crippen LogP contribution in [0.5, 0.6) is 0 Å². The van der Waals surface area contributed by atoms with Crippen molar-refractivity contribution in [3.63, 3.8) is 0 Å². The molecule has 0 saturated heterocycles. The van der Waals surface area contributed by atoms with Crippen molar-refractivity contribution < 1.29 is 9.13 Å². The third-order valence-electron chi connectivity index (χ3n) is 3.53. The summed E-state index contributed by atoms with van der Waals surface area (Å²) in [6.45, 7) is 1.84. The second-order valence-electron chi connectivity index (χ2n) is 5.33. The quantitative estimate of drug-likeness (QED) is 0.841. The average Bonchev–Trinajstić information content (AvgIpc) is 2.54. The Bertz CT molecular complexity index is 635. The van der Waals surface area contributed by atoms with E-state index in [-0.39, 0.29) is 5.82 Å². The lowest BCUT2D eigenvalue weighted by Gasteiger charge is -2.24. The van der Waals surface area contributed by atoms with Gasteiger partial charge in [-0.2, -0.15) is 0 Å². The summed E-state index contributed by atoms with van der Waals surface area (Å²) in [5.74, 6) is 1.06. The molecule has 0 radical (unpaired) electrons. The largest absolute Gasteiger partial charge is 0.393 e. The van der Waals surface area contributed by atoms with Gasteiger partial charge in [-0.15, -0.1) is 0 Å². The maximum atomic E-state index is 13.0. The number of benzene rings is 1. The van der Waals surface area contributed by atoms with Crippen LogP contribution in [0.3, 0.4) is 0 Å². The van der Waals surface area contributed by atoms with Crippen molar-refractivity contribution in [2.75, 3.05) is 49.9 Å². The van der Waals surface area contributed by atoms with Crippen LogP contribution < -0.4 is 15.5 Å². The first kappa shape index (κ1) is 17.0. The topological polar surface area (TPSA) is 67.5 Å². The van der Waals surface area contributed by atoms with Crippen molar-refractivity contribution in [3.8, 4) is 0 Å². The molecule has 23 heavy (non-hydrogen) atoms. The Labute approximate surface area is 135 Å². The van der Waals surface area contributed by atoms with Crippen LogP contribution in [0.4, 0.5) is 21.7 Å². The molecular formula is C16H22FN5O. The zero-order valence-electron chi connectivity index (χ0n) is 13.7. The van der Waals surface area contributed by atoms with E-state index in [1.807, 2.05) is 23.9 Å². The molecule has 1 aromatic heterocycles. The van der Waals surface area contributed by atoms with Crippen LogP contribution >= 0.6 is 0 Å². The highest BCUT2D eigenvalue weighted by atomic mass is 19.1. The van der Waals surface area contributed by atoms with Crippen LogP contribution in [0, 0.1) is 5.82 Å². The van der Waals surface area contributed by atoms with E-state index in [1.165, 1.54) is 18.5 Å². The summed E-state index contributed by atoms with van der Waals surface area (Å²) in [6, 6.07) is 6.37. The number of ether oxygens (including phenoxy) is 1. The van der Waals surface area contributed by atoms with E-state index < -0.39 is 0 Å². The molecule has 0 bridgehead atoms. The smallest absolute Gasteiger partial charge is 0.157 e. The van der Waals surface area contributed by atoms with Crippen LogP contribution in [0.1, 0.15) is 5.56 Å². The minimum Gasteiger partial charge on any atom is -0.393 e. The molecule has 0 amide bonds. The molecule has 1 aromatic carbocycles. The molecule has 2 rings (SSSR count). The van der Waals surface area contributed by atoms with Gasteiger partial charge in [0.1, 0.15) is 17.8 Å². The fourth-order valence-electron chi connectivity index (χ4n) is 2.26. The number of anilines is 3. The molecule has 0 unspecified atom stereocenters. The molecule has 124 valence electrons. The zero-order chi connectivity index (χ0) is 16.8. The van der Waals surface area contributed by atoms with E-state index in [9.17, 15) is 4.39 Å². The molecule has 7 heteroatoms. The van der Waals surface area contributed by atoms with Gasteiger partial charge in [0.15, 0.2) is 11.6 Å². The predicted octanol–water partition coefficient (Wildman–Crippen LogP) is 1.92. The van der Waals surface area contributed by atoms with Crippen molar-refractivity contribution in [1.29, 1.82) is 0 Å². The molecule has 2 aromatic rings. The van der Waals surface area contributed by atoms with Crippen molar-refractivity contribution in [1.82, 2.24) is 9.97 Å². The monoisotopic (exact) mass is 319 g/mol. The maximum Gasteiger partial charge on any atom is 0.157 e. The molecule has 0 fully saturated rings. The summed E-state index contributed by atoms with van der Waals surface area (Å²) in [4.78, 5) is 12.4. The summed E-state index contributed by atoms with van der Waals surface area (Å²) in [5, 5.41) is 0. The number of hydrogen-bond donors (Lipinski definition) is 1. The van der Waals surface area contributed by atoms with Gasteiger partial charge < -0.3 is 20.3 Å². The van der Waals surface area contributed by atoms with E-state index in [4.69, 9.17) is 10.5 Å². The van der Waals surface area contributed by atoms with Gasteiger partial charge in [-0.05, 0) is 17.7 Å². The SMILES string of the molecule is COCCN(C)c1ncnc(N(C)Cc2ccc(F)cc2)c1N. The molecule has 0 aliphatic rings. The van der Waals surface area contributed by atoms with E-state index in [0.717, 1.165) is 5.56 Å². The van der Waals surface area contributed by atoms with E-state index in [0.29, 0.717) is 37.0 Å². The van der Waals surface area contributed by atoms with Gasteiger partial charge in [0.2, 0.25) is 0 Å². The zero-order valence-corrected chi connectivity index (χ0v) is 13.7. The number of rotatable bonds is 7. The first-order chi connectivity index (χ1) is 11.0. The van der Waals surface area contributed by atoms with Gasteiger partial charge in [-0.1, -0.05) is 12.1 Å². The third-order valence-corrected chi connectivity index (χ3v) is 3.53. The number of methoxy groups -OCH3 is 1. The normalized spacial score (nSPS) is 10.6. The standard InChI is InChI=1S/C16H22FN5O/c1-21(8-9-23-3)15-14(18)16(20-11-19-15)22(2)10-12-4-6-13(17)7-5-12/h4-7,11H,8-10,18H2,1-3H3. The Morgan fingerprint density at radius 2 is 1.70 bits per heavy atom. The lowest BCUT2D eigenvalue weighted by molar-refractivity contribution is 0.206. The van der Waals surface area contributed by atoms with Crippen LogP contribution in [-0.2, 0) is 11.3 Å². The Morgan fingerprint density at radius 3 is 2.30 bits per heavy atom. The van der Waals surface area contributed by atoms with Gasteiger partial charge in [0.25, 0.3) is 0 Å². The fourth-order valence-corrected chi connectivity index (χ4v) is 2.26. The molecule has 1 heterocycles. The van der Waals surface area contributed by atoms with E-state index >= 15 is 0 Å². The highest BCUT2D eigenvalue weighted by molar-refractivity contribution is 5.75. The number of aromatic nitrogens is 2. The van der Waals surface area contributed by atoms with Crippen LogP contribution in [0.25, 0.3) is 0 Å². The number of likely N-dealkylation sites (N-methyl/N-ethyl adjacent to an activating group) is 1. The van der Waals surface area contributed by atoms with Crippen molar-refractivity contribution >= 4 is 17.3 Å². The van der Waals surface area contributed by atoms with Gasteiger partial charge in [-0.25, -0.2) is 14.4 Å². The molecule has 6 nitrogen and oxygen atoms in total. The Kier molecular flexibility index (Phi) is 5.70. The third kappa shape index (κ3) is 4.29. The van der Waals surface area contributed by atoms with Gasteiger partial charge in [0, 0.05) is 34.3 Å². The lowest BCUT2D eigenvalue weighted by Crippen LogP contribution is -2.26. The highest BCUT2D eigenvalue weighted by Gasteiger charge is 2.15. The molecule has 0 spiro atoms. The summed E-state index contributed by atoms with van der Waals surface area (Å²) in [6.07, 6.45) is 1.49. The summed E-state index contributed by atoms with van der Waals surface area (Å²) in [5.41, 5.74) is 7.71. The van der Waals surface area contributed by atoms with Gasteiger partial charge in [0.05, 0.1) is 6.61 Å². The Balaban J connectivity index is 2.16. The summed E-state index contributed by atoms with van der Waals surface area (Å²) in [7, 11) is 5.45. The van der Waals surface area contributed by atoms with Crippen molar-refractivity contribution in [2.24, 2.45) is 0 Å². The van der Waals surface area contributed by atoms with Crippen LogP contribution in [0.2, 0.25) is 0 Å². The minimum absolute atomic E-state index is 0.250. The second kappa shape index (κ2) is 7.73.